The SMILES string of the molecule is C[C@@H]1C[C@@H](O)CN1C(=O)CNC(=O)c1cccc(C(F)(F)F)c1. The van der Waals surface area contributed by atoms with Crippen LogP contribution in [0.1, 0.15) is 29.3 Å². The van der Waals surface area contributed by atoms with Crippen LogP contribution in [0.15, 0.2) is 24.3 Å². The molecule has 0 aromatic heterocycles. The summed E-state index contributed by atoms with van der Waals surface area (Å²) in [6.07, 6.45) is -4.66. The zero-order valence-electron chi connectivity index (χ0n) is 12.4. The molecule has 1 aliphatic rings. The number of carbonyl (C=O) groups excluding carboxylic acids is 2. The van der Waals surface area contributed by atoms with Gasteiger partial charge in [0.05, 0.1) is 18.2 Å². The maximum absolute atomic E-state index is 12.6. The molecule has 1 saturated heterocycles. The number of rotatable bonds is 3. The van der Waals surface area contributed by atoms with Gasteiger partial charge in [0, 0.05) is 18.2 Å². The van der Waals surface area contributed by atoms with Crippen molar-refractivity contribution in [1.82, 2.24) is 10.2 Å². The number of likely N-dealkylation sites (tertiary alicyclic amines) is 1. The van der Waals surface area contributed by atoms with Gasteiger partial charge in [0.25, 0.3) is 5.91 Å². The lowest BCUT2D eigenvalue weighted by Gasteiger charge is -2.21. The first kappa shape index (κ1) is 17.3. The summed E-state index contributed by atoms with van der Waals surface area (Å²) in [6.45, 7) is 1.65. The van der Waals surface area contributed by atoms with Crippen LogP contribution in [0.25, 0.3) is 0 Å². The summed E-state index contributed by atoms with van der Waals surface area (Å²) >= 11 is 0. The molecule has 1 aromatic carbocycles. The average molecular weight is 330 g/mol. The van der Waals surface area contributed by atoms with Crippen molar-refractivity contribution in [3.05, 3.63) is 35.4 Å². The molecule has 1 heterocycles. The molecule has 2 N–H and O–H groups in total. The van der Waals surface area contributed by atoms with E-state index < -0.39 is 23.8 Å². The van der Waals surface area contributed by atoms with Crippen LogP contribution in [0.4, 0.5) is 13.2 Å². The third kappa shape index (κ3) is 4.22. The van der Waals surface area contributed by atoms with E-state index in [4.69, 9.17) is 0 Å². The fourth-order valence-corrected chi connectivity index (χ4v) is 2.55. The quantitative estimate of drug-likeness (QED) is 0.881. The van der Waals surface area contributed by atoms with Crippen molar-refractivity contribution in [1.29, 1.82) is 0 Å². The molecule has 1 aromatic rings. The van der Waals surface area contributed by atoms with Gasteiger partial charge >= 0.3 is 6.18 Å². The van der Waals surface area contributed by atoms with E-state index in [0.29, 0.717) is 6.42 Å². The Labute approximate surface area is 131 Å². The van der Waals surface area contributed by atoms with E-state index in [1.54, 1.807) is 6.92 Å². The third-order valence-electron chi connectivity index (χ3n) is 3.73. The average Bonchev–Trinajstić information content (AvgIpc) is 2.82. The number of carbonyl (C=O) groups is 2. The molecule has 0 aliphatic carbocycles. The number of halogens is 3. The van der Waals surface area contributed by atoms with Crippen molar-refractivity contribution < 1.29 is 27.9 Å². The maximum Gasteiger partial charge on any atom is 0.416 e. The normalized spacial score (nSPS) is 21.3. The Morgan fingerprint density at radius 2 is 2.09 bits per heavy atom. The van der Waals surface area contributed by atoms with E-state index in [1.807, 2.05) is 0 Å². The van der Waals surface area contributed by atoms with Gasteiger partial charge in [0.15, 0.2) is 0 Å². The number of aliphatic hydroxyl groups is 1. The monoisotopic (exact) mass is 330 g/mol. The van der Waals surface area contributed by atoms with Crippen molar-refractivity contribution in [2.45, 2.75) is 31.7 Å². The molecule has 0 saturated carbocycles. The molecule has 0 bridgehead atoms. The highest BCUT2D eigenvalue weighted by Crippen LogP contribution is 2.29. The number of aliphatic hydroxyl groups excluding tert-OH is 1. The molecular weight excluding hydrogens is 313 g/mol. The van der Waals surface area contributed by atoms with Crippen LogP contribution in [0, 0.1) is 0 Å². The topological polar surface area (TPSA) is 69.6 Å². The summed E-state index contributed by atoms with van der Waals surface area (Å²) in [7, 11) is 0. The van der Waals surface area contributed by atoms with Gasteiger partial charge in [-0.25, -0.2) is 0 Å². The lowest BCUT2D eigenvalue weighted by atomic mass is 10.1. The molecule has 5 nitrogen and oxygen atoms in total. The minimum absolute atomic E-state index is 0.136. The van der Waals surface area contributed by atoms with Crippen LogP contribution in [0.5, 0.6) is 0 Å². The maximum atomic E-state index is 12.6. The lowest BCUT2D eigenvalue weighted by molar-refractivity contribution is -0.137. The number of nitrogens with one attached hydrogen (secondary N) is 1. The van der Waals surface area contributed by atoms with Gasteiger partial charge in [-0.3, -0.25) is 9.59 Å². The van der Waals surface area contributed by atoms with Gasteiger partial charge in [0.1, 0.15) is 0 Å². The second-order valence-electron chi connectivity index (χ2n) is 5.55. The molecule has 23 heavy (non-hydrogen) atoms. The van der Waals surface area contributed by atoms with Gasteiger partial charge < -0.3 is 15.3 Å². The van der Waals surface area contributed by atoms with E-state index in [1.165, 1.54) is 11.0 Å². The van der Waals surface area contributed by atoms with Crippen LogP contribution >= 0.6 is 0 Å². The van der Waals surface area contributed by atoms with E-state index in [2.05, 4.69) is 5.32 Å². The minimum Gasteiger partial charge on any atom is -0.391 e. The van der Waals surface area contributed by atoms with Crippen LogP contribution in [-0.4, -0.2) is 47.1 Å². The zero-order valence-corrected chi connectivity index (χ0v) is 12.4. The number of benzene rings is 1. The smallest absolute Gasteiger partial charge is 0.391 e. The Hall–Kier alpha value is -2.09. The summed E-state index contributed by atoms with van der Waals surface area (Å²) < 4.78 is 37.8. The van der Waals surface area contributed by atoms with Gasteiger partial charge in [0.2, 0.25) is 5.91 Å². The number of amides is 2. The fourth-order valence-electron chi connectivity index (χ4n) is 2.55. The summed E-state index contributed by atoms with van der Waals surface area (Å²) in [5, 5.41) is 11.8. The number of nitrogens with zero attached hydrogens (tertiary/aromatic N) is 1. The Bertz CT molecular complexity index is 604. The van der Waals surface area contributed by atoms with Gasteiger partial charge in [-0.2, -0.15) is 13.2 Å². The van der Waals surface area contributed by atoms with E-state index in [0.717, 1.165) is 18.2 Å². The lowest BCUT2D eigenvalue weighted by Crippen LogP contribution is -2.42. The van der Waals surface area contributed by atoms with Crippen molar-refractivity contribution in [2.75, 3.05) is 13.1 Å². The van der Waals surface area contributed by atoms with E-state index >= 15 is 0 Å². The Morgan fingerprint density at radius 1 is 1.39 bits per heavy atom. The first-order valence-corrected chi connectivity index (χ1v) is 7.11. The first-order chi connectivity index (χ1) is 10.7. The first-order valence-electron chi connectivity index (χ1n) is 7.11. The highest BCUT2D eigenvalue weighted by atomic mass is 19.4. The van der Waals surface area contributed by atoms with Gasteiger partial charge in [-0.1, -0.05) is 6.07 Å². The van der Waals surface area contributed by atoms with Crippen LogP contribution in [0.3, 0.4) is 0 Å². The fraction of sp³-hybridized carbons (Fsp3) is 0.467. The molecule has 126 valence electrons. The summed E-state index contributed by atoms with van der Waals surface area (Å²) in [6, 6.07) is 3.86. The molecule has 8 heteroatoms. The van der Waals surface area contributed by atoms with Gasteiger partial charge in [-0.15, -0.1) is 0 Å². The molecule has 2 amide bonds. The van der Waals surface area contributed by atoms with Gasteiger partial charge in [-0.05, 0) is 31.5 Å². The number of hydrogen-bond donors (Lipinski definition) is 2. The summed E-state index contributed by atoms with van der Waals surface area (Å²) in [4.78, 5) is 25.3. The third-order valence-corrected chi connectivity index (χ3v) is 3.73. The number of hydrogen-bond acceptors (Lipinski definition) is 3. The van der Waals surface area contributed by atoms with Crippen molar-refractivity contribution >= 4 is 11.8 Å². The Morgan fingerprint density at radius 3 is 2.65 bits per heavy atom. The molecule has 0 unspecified atom stereocenters. The number of alkyl halides is 3. The van der Waals surface area contributed by atoms with Crippen LogP contribution in [0.2, 0.25) is 0 Å². The molecule has 0 radical (unpaired) electrons. The molecule has 1 fully saturated rings. The van der Waals surface area contributed by atoms with Crippen LogP contribution in [-0.2, 0) is 11.0 Å². The van der Waals surface area contributed by atoms with Crippen molar-refractivity contribution in [3.8, 4) is 0 Å². The molecular formula is C15H17F3N2O3. The minimum atomic E-state index is -4.53. The van der Waals surface area contributed by atoms with Crippen molar-refractivity contribution in [3.63, 3.8) is 0 Å². The Kier molecular flexibility index (Phi) is 4.93. The summed E-state index contributed by atoms with van der Waals surface area (Å²) in [5.41, 5.74) is -1.09. The van der Waals surface area contributed by atoms with Crippen molar-refractivity contribution in [2.24, 2.45) is 0 Å². The molecule has 0 spiro atoms. The summed E-state index contributed by atoms with van der Waals surface area (Å²) in [5.74, 6) is -1.13. The Balaban J connectivity index is 1.96. The zero-order chi connectivity index (χ0) is 17.2. The predicted molar refractivity (Wildman–Crippen MR) is 75.6 cm³/mol. The number of β-amino-alcohol motifs (C(OH)–C–C–N with tert-alkyl or cyclic N) is 1. The second-order valence-corrected chi connectivity index (χ2v) is 5.55. The van der Waals surface area contributed by atoms with Crippen LogP contribution < -0.4 is 5.32 Å². The highest BCUT2D eigenvalue weighted by Gasteiger charge is 2.32. The molecule has 2 atom stereocenters. The van der Waals surface area contributed by atoms with E-state index in [9.17, 15) is 27.9 Å². The largest absolute Gasteiger partial charge is 0.416 e. The van der Waals surface area contributed by atoms with E-state index in [-0.39, 0.29) is 30.6 Å². The molecule has 1 aliphatic heterocycles. The second kappa shape index (κ2) is 6.57. The predicted octanol–water partition coefficient (Wildman–Crippen LogP) is 1.42. The standard InChI is InChI=1S/C15H17F3N2O3/c1-9-5-12(21)8-20(9)13(22)7-19-14(23)10-3-2-4-11(6-10)15(16,17)18/h2-4,6,9,12,21H,5,7-8H2,1H3,(H,19,23)/t9-,12-/m1/s1. The highest BCUT2D eigenvalue weighted by molar-refractivity contribution is 5.96. The molecule has 2 rings (SSSR count).